The van der Waals surface area contributed by atoms with Crippen molar-refractivity contribution in [3.8, 4) is 17.2 Å². The molecule has 0 fully saturated rings. The summed E-state index contributed by atoms with van der Waals surface area (Å²) in [6, 6.07) is 8.19. The number of aryl methyl sites for hydroxylation is 1. The Hall–Kier alpha value is -2.64. The van der Waals surface area contributed by atoms with Crippen molar-refractivity contribution >= 4 is 35.0 Å². The molecule has 2 N–H and O–H groups in total. The second kappa shape index (κ2) is 12.3. The minimum atomic E-state index is -0.511. The van der Waals surface area contributed by atoms with Gasteiger partial charge in [0.1, 0.15) is 0 Å². The van der Waals surface area contributed by atoms with Gasteiger partial charge in [0.2, 0.25) is 11.7 Å². The normalized spacial score (nSPS) is 10.4. The first-order valence-electron chi connectivity index (χ1n) is 9.99. The minimum absolute atomic E-state index is 0.138. The van der Waals surface area contributed by atoms with Crippen LogP contribution in [0.5, 0.6) is 17.2 Å². The number of hydrogen-bond acceptors (Lipinski definition) is 5. The summed E-state index contributed by atoms with van der Waals surface area (Å²) in [5.41, 5.74) is 5.86. The summed E-state index contributed by atoms with van der Waals surface area (Å²) < 4.78 is 16.8. The molecule has 31 heavy (non-hydrogen) atoms. The summed E-state index contributed by atoms with van der Waals surface area (Å²) >= 11 is 12.0. The molecule has 0 aliphatic heterocycles. The highest BCUT2D eigenvalue weighted by molar-refractivity contribution is 6.35. The molecule has 168 valence electrons. The van der Waals surface area contributed by atoms with E-state index < -0.39 is 5.91 Å². The lowest BCUT2D eigenvalue weighted by Crippen LogP contribution is -2.41. The molecular formula is C22H26Cl2N2O5. The lowest BCUT2D eigenvalue weighted by Gasteiger charge is -2.17. The van der Waals surface area contributed by atoms with Gasteiger partial charge in [-0.2, -0.15) is 0 Å². The molecule has 0 heterocycles. The fourth-order valence-corrected chi connectivity index (χ4v) is 3.26. The molecule has 0 saturated heterocycles. The van der Waals surface area contributed by atoms with Crippen molar-refractivity contribution in [1.82, 2.24) is 10.9 Å². The van der Waals surface area contributed by atoms with Gasteiger partial charge in [0.15, 0.2) is 11.5 Å². The third kappa shape index (κ3) is 7.22. The van der Waals surface area contributed by atoms with Gasteiger partial charge in [-0.25, -0.2) is 0 Å². The highest BCUT2D eigenvalue weighted by Crippen LogP contribution is 2.39. The van der Waals surface area contributed by atoms with E-state index in [2.05, 4.69) is 10.9 Å². The van der Waals surface area contributed by atoms with Gasteiger partial charge in [0, 0.05) is 22.0 Å². The summed E-state index contributed by atoms with van der Waals surface area (Å²) in [6.45, 7) is 6.70. The van der Waals surface area contributed by atoms with Gasteiger partial charge in [0.05, 0.1) is 19.8 Å². The first-order valence-corrected chi connectivity index (χ1v) is 10.7. The van der Waals surface area contributed by atoms with E-state index in [9.17, 15) is 9.59 Å². The Morgan fingerprint density at radius 3 is 2.03 bits per heavy atom. The molecule has 2 aromatic rings. The van der Waals surface area contributed by atoms with Crippen LogP contribution in [-0.4, -0.2) is 31.6 Å². The van der Waals surface area contributed by atoms with E-state index in [1.807, 2.05) is 20.8 Å². The van der Waals surface area contributed by atoms with Crippen LogP contribution >= 0.6 is 23.2 Å². The van der Waals surface area contributed by atoms with Crippen molar-refractivity contribution < 1.29 is 23.8 Å². The fourth-order valence-electron chi connectivity index (χ4n) is 2.75. The molecule has 2 rings (SSSR count). The molecule has 0 unspecified atom stereocenters. The van der Waals surface area contributed by atoms with Gasteiger partial charge < -0.3 is 14.2 Å². The van der Waals surface area contributed by atoms with Gasteiger partial charge in [0.25, 0.3) is 5.91 Å². The molecule has 0 radical (unpaired) electrons. The van der Waals surface area contributed by atoms with E-state index in [0.29, 0.717) is 53.5 Å². The monoisotopic (exact) mass is 468 g/mol. The molecule has 0 saturated carbocycles. The van der Waals surface area contributed by atoms with Crippen molar-refractivity contribution in [2.45, 2.75) is 33.6 Å². The average Bonchev–Trinajstić information content (AvgIpc) is 2.73. The Bertz CT molecular complexity index is 894. The Labute approximate surface area is 191 Å². The number of nitrogens with one attached hydrogen (secondary N) is 2. The third-order valence-corrected chi connectivity index (χ3v) is 4.71. The first-order chi connectivity index (χ1) is 14.9. The lowest BCUT2D eigenvalue weighted by atomic mass is 10.1. The van der Waals surface area contributed by atoms with Crippen LogP contribution in [0.3, 0.4) is 0 Å². The Morgan fingerprint density at radius 1 is 0.871 bits per heavy atom. The number of carbonyl (C=O) groups excluding carboxylic acids is 2. The van der Waals surface area contributed by atoms with Crippen LogP contribution in [0.2, 0.25) is 10.0 Å². The molecule has 7 nitrogen and oxygen atoms in total. The van der Waals surface area contributed by atoms with Crippen LogP contribution in [-0.2, 0) is 11.2 Å². The SMILES string of the molecule is CCOc1cc(C(=O)NNC(=O)CCc2ccc(Cl)cc2Cl)cc(OCC)c1OCC. The molecule has 0 spiro atoms. The number of rotatable bonds is 10. The largest absolute Gasteiger partial charge is 0.490 e. The zero-order valence-corrected chi connectivity index (χ0v) is 19.2. The molecule has 2 amide bonds. The quantitative estimate of drug-likeness (QED) is 0.498. The zero-order valence-electron chi connectivity index (χ0n) is 17.7. The van der Waals surface area contributed by atoms with Crippen molar-refractivity contribution in [1.29, 1.82) is 0 Å². The number of amides is 2. The number of hydrogen-bond donors (Lipinski definition) is 2. The molecular weight excluding hydrogens is 443 g/mol. The maximum Gasteiger partial charge on any atom is 0.269 e. The second-order valence-corrected chi connectivity index (χ2v) is 7.18. The lowest BCUT2D eigenvalue weighted by molar-refractivity contribution is -0.121. The Balaban J connectivity index is 2.04. The van der Waals surface area contributed by atoms with Crippen LogP contribution in [0, 0.1) is 0 Å². The first kappa shape index (κ1) is 24.6. The number of ether oxygens (including phenoxy) is 3. The van der Waals surface area contributed by atoms with E-state index in [0.717, 1.165) is 5.56 Å². The average molecular weight is 469 g/mol. The van der Waals surface area contributed by atoms with Crippen molar-refractivity contribution in [3.05, 3.63) is 51.5 Å². The topological polar surface area (TPSA) is 85.9 Å². The number of carbonyl (C=O) groups is 2. The van der Waals surface area contributed by atoms with E-state index in [1.54, 1.807) is 30.3 Å². The summed E-state index contributed by atoms with van der Waals surface area (Å²) in [5.74, 6) is 0.350. The van der Waals surface area contributed by atoms with Gasteiger partial charge >= 0.3 is 0 Å². The third-order valence-electron chi connectivity index (χ3n) is 4.12. The zero-order chi connectivity index (χ0) is 22.8. The van der Waals surface area contributed by atoms with Crippen LogP contribution in [0.25, 0.3) is 0 Å². The molecule has 0 aliphatic rings. The fraction of sp³-hybridized carbons (Fsp3) is 0.364. The number of benzene rings is 2. The highest BCUT2D eigenvalue weighted by atomic mass is 35.5. The summed E-state index contributed by atoms with van der Waals surface area (Å²) in [7, 11) is 0. The van der Waals surface area contributed by atoms with E-state index >= 15 is 0 Å². The molecule has 0 atom stereocenters. The molecule has 9 heteroatoms. The van der Waals surface area contributed by atoms with Crippen molar-refractivity contribution in [2.24, 2.45) is 0 Å². The molecule has 0 bridgehead atoms. The van der Waals surface area contributed by atoms with Crippen LogP contribution < -0.4 is 25.1 Å². The molecule has 2 aromatic carbocycles. The minimum Gasteiger partial charge on any atom is -0.490 e. The summed E-state index contributed by atoms with van der Waals surface area (Å²) in [6.07, 6.45) is 0.545. The van der Waals surface area contributed by atoms with E-state index in [4.69, 9.17) is 37.4 Å². The van der Waals surface area contributed by atoms with Crippen LogP contribution in [0.4, 0.5) is 0 Å². The van der Waals surface area contributed by atoms with E-state index in [-0.39, 0.29) is 17.9 Å². The number of halogens is 2. The summed E-state index contributed by atoms with van der Waals surface area (Å²) in [4.78, 5) is 24.7. The number of hydrazine groups is 1. The van der Waals surface area contributed by atoms with Gasteiger partial charge in [-0.15, -0.1) is 0 Å². The van der Waals surface area contributed by atoms with Crippen LogP contribution in [0.15, 0.2) is 30.3 Å². The summed E-state index contributed by atoms with van der Waals surface area (Å²) in [5, 5.41) is 1.02. The second-order valence-electron chi connectivity index (χ2n) is 6.34. The van der Waals surface area contributed by atoms with Gasteiger partial charge in [-0.3, -0.25) is 20.4 Å². The maximum absolute atomic E-state index is 12.6. The maximum atomic E-state index is 12.6. The standard InChI is InChI=1S/C22H26Cl2N2O5/c1-4-29-18-11-15(12-19(30-5-2)21(18)31-6-3)22(28)26-25-20(27)10-8-14-7-9-16(23)13-17(14)24/h7,9,11-13H,4-6,8,10H2,1-3H3,(H,25,27)(H,26,28). The Kier molecular flexibility index (Phi) is 9.75. The predicted molar refractivity (Wildman–Crippen MR) is 120 cm³/mol. The molecule has 0 aliphatic carbocycles. The van der Waals surface area contributed by atoms with Crippen LogP contribution in [0.1, 0.15) is 43.1 Å². The predicted octanol–water partition coefficient (Wildman–Crippen LogP) is 4.58. The van der Waals surface area contributed by atoms with Crippen molar-refractivity contribution in [3.63, 3.8) is 0 Å². The smallest absolute Gasteiger partial charge is 0.269 e. The van der Waals surface area contributed by atoms with Gasteiger partial charge in [-0.05, 0) is 57.0 Å². The van der Waals surface area contributed by atoms with Gasteiger partial charge in [-0.1, -0.05) is 29.3 Å². The highest BCUT2D eigenvalue weighted by Gasteiger charge is 2.18. The van der Waals surface area contributed by atoms with E-state index in [1.165, 1.54) is 0 Å². The van der Waals surface area contributed by atoms with Crippen molar-refractivity contribution in [2.75, 3.05) is 19.8 Å². The molecule has 0 aromatic heterocycles. The Morgan fingerprint density at radius 2 is 1.48 bits per heavy atom.